The van der Waals surface area contributed by atoms with Crippen LogP contribution in [0.3, 0.4) is 0 Å². The maximum Gasteiger partial charge on any atom is 0.234 e. The van der Waals surface area contributed by atoms with Crippen molar-refractivity contribution in [2.75, 3.05) is 32.7 Å². The fourth-order valence-corrected chi connectivity index (χ4v) is 3.91. The quantitative estimate of drug-likeness (QED) is 0.701. The molecule has 2 aromatic rings. The van der Waals surface area contributed by atoms with Gasteiger partial charge in [0.05, 0.1) is 12.6 Å². The normalized spacial score (nSPS) is 16.5. The molecule has 0 radical (unpaired) electrons. The Morgan fingerprint density at radius 1 is 0.966 bits per heavy atom. The zero-order chi connectivity index (χ0) is 20.6. The lowest BCUT2D eigenvalue weighted by Gasteiger charge is -2.34. The number of benzene rings is 2. The fraction of sp³-hybridized carbons (Fsp3) is 0.458. The fourth-order valence-electron chi connectivity index (χ4n) is 3.79. The Labute approximate surface area is 179 Å². The molecular weight excluding hydrogens is 382 g/mol. The summed E-state index contributed by atoms with van der Waals surface area (Å²) in [7, 11) is 0. The third-order valence-corrected chi connectivity index (χ3v) is 5.80. The van der Waals surface area contributed by atoms with Crippen molar-refractivity contribution < 1.29 is 4.79 Å². The average Bonchev–Trinajstić information content (AvgIpc) is 2.72. The summed E-state index contributed by atoms with van der Waals surface area (Å²) >= 11 is 5.96. The molecule has 0 aromatic heterocycles. The first-order valence-electron chi connectivity index (χ1n) is 10.6. The average molecular weight is 414 g/mol. The van der Waals surface area contributed by atoms with Gasteiger partial charge in [-0.05, 0) is 42.2 Å². The van der Waals surface area contributed by atoms with Crippen LogP contribution in [0.15, 0.2) is 48.5 Å². The Hall–Kier alpha value is -1.88. The van der Waals surface area contributed by atoms with Crippen LogP contribution in [0.5, 0.6) is 0 Å². The van der Waals surface area contributed by atoms with E-state index in [0.717, 1.165) is 56.2 Å². The summed E-state index contributed by atoms with van der Waals surface area (Å²) in [5, 5.41) is 3.92. The van der Waals surface area contributed by atoms with Gasteiger partial charge in [-0.2, -0.15) is 0 Å². The van der Waals surface area contributed by atoms with E-state index in [-0.39, 0.29) is 11.9 Å². The molecule has 1 aliphatic rings. The molecule has 1 atom stereocenters. The van der Waals surface area contributed by atoms with Gasteiger partial charge in [0.2, 0.25) is 5.91 Å². The summed E-state index contributed by atoms with van der Waals surface area (Å²) in [5.41, 5.74) is 3.79. The minimum atomic E-state index is 0.0318. The van der Waals surface area contributed by atoms with Crippen LogP contribution >= 0.6 is 11.6 Å². The predicted molar refractivity (Wildman–Crippen MR) is 120 cm³/mol. The Morgan fingerprint density at radius 2 is 1.55 bits per heavy atom. The number of nitrogens with zero attached hydrogens (tertiary/aromatic N) is 2. The molecule has 1 amide bonds. The predicted octanol–water partition coefficient (Wildman–Crippen LogP) is 4.29. The van der Waals surface area contributed by atoms with Crippen molar-refractivity contribution in [3.63, 3.8) is 0 Å². The molecule has 0 bridgehead atoms. The van der Waals surface area contributed by atoms with Crippen LogP contribution in [-0.4, -0.2) is 48.4 Å². The Kier molecular flexibility index (Phi) is 8.10. The van der Waals surface area contributed by atoms with Crippen molar-refractivity contribution in [3.05, 3.63) is 70.2 Å². The first-order valence-corrected chi connectivity index (χ1v) is 11.0. The minimum absolute atomic E-state index is 0.0318. The largest absolute Gasteiger partial charge is 0.348 e. The molecule has 1 aliphatic heterocycles. The van der Waals surface area contributed by atoms with Gasteiger partial charge < -0.3 is 5.32 Å². The number of carbonyl (C=O) groups excluding carboxylic acids is 1. The summed E-state index contributed by atoms with van der Waals surface area (Å²) in [6.45, 7) is 9.43. The van der Waals surface area contributed by atoms with E-state index in [1.54, 1.807) is 0 Å². The van der Waals surface area contributed by atoms with Gasteiger partial charge in [0.1, 0.15) is 0 Å². The van der Waals surface area contributed by atoms with E-state index >= 15 is 0 Å². The first kappa shape index (κ1) is 21.8. The lowest BCUT2D eigenvalue weighted by Crippen LogP contribution is -2.49. The molecule has 1 fully saturated rings. The van der Waals surface area contributed by atoms with E-state index in [4.69, 9.17) is 11.6 Å². The highest BCUT2D eigenvalue weighted by atomic mass is 35.5. The van der Waals surface area contributed by atoms with Crippen molar-refractivity contribution in [3.8, 4) is 0 Å². The van der Waals surface area contributed by atoms with Crippen LogP contribution in [0.4, 0.5) is 0 Å². The van der Waals surface area contributed by atoms with E-state index < -0.39 is 0 Å². The molecule has 0 saturated carbocycles. The van der Waals surface area contributed by atoms with E-state index in [2.05, 4.69) is 65.4 Å². The Morgan fingerprint density at radius 3 is 2.17 bits per heavy atom. The summed E-state index contributed by atoms with van der Waals surface area (Å²) in [5.74, 6) is 0.0984. The lowest BCUT2D eigenvalue weighted by molar-refractivity contribution is -0.123. The van der Waals surface area contributed by atoms with E-state index in [0.29, 0.717) is 6.54 Å². The minimum Gasteiger partial charge on any atom is -0.348 e. The number of carbonyl (C=O) groups is 1. The second kappa shape index (κ2) is 10.8. The first-order chi connectivity index (χ1) is 14.0. The van der Waals surface area contributed by atoms with Gasteiger partial charge >= 0.3 is 0 Å². The van der Waals surface area contributed by atoms with Crippen LogP contribution in [0.2, 0.25) is 5.02 Å². The van der Waals surface area contributed by atoms with Gasteiger partial charge in [-0.25, -0.2) is 0 Å². The van der Waals surface area contributed by atoms with E-state index in [9.17, 15) is 4.79 Å². The number of hydrogen-bond acceptors (Lipinski definition) is 3. The van der Waals surface area contributed by atoms with Crippen LogP contribution in [-0.2, 0) is 17.8 Å². The number of nitrogens with one attached hydrogen (secondary N) is 1. The maximum atomic E-state index is 12.5. The highest BCUT2D eigenvalue weighted by molar-refractivity contribution is 6.30. The lowest BCUT2D eigenvalue weighted by atomic mass is 10.0. The Balaban J connectivity index is 1.40. The monoisotopic (exact) mass is 413 g/mol. The second-order valence-electron chi connectivity index (χ2n) is 7.96. The van der Waals surface area contributed by atoms with Crippen LogP contribution in [0.1, 0.15) is 43.0 Å². The molecule has 1 N–H and O–H groups in total. The zero-order valence-corrected chi connectivity index (χ0v) is 18.3. The van der Waals surface area contributed by atoms with Gasteiger partial charge in [-0.3, -0.25) is 14.6 Å². The summed E-state index contributed by atoms with van der Waals surface area (Å²) in [6, 6.07) is 16.7. The number of rotatable bonds is 8. The molecular formula is C24H32ClN3O. The molecule has 0 spiro atoms. The third kappa shape index (κ3) is 6.84. The van der Waals surface area contributed by atoms with Gasteiger partial charge in [-0.1, -0.05) is 61.3 Å². The van der Waals surface area contributed by atoms with Gasteiger partial charge in [0.25, 0.3) is 0 Å². The molecule has 156 valence electrons. The van der Waals surface area contributed by atoms with Crippen molar-refractivity contribution in [1.82, 2.24) is 15.1 Å². The Bertz CT molecular complexity index is 768. The second-order valence-corrected chi connectivity index (χ2v) is 8.40. The third-order valence-electron chi connectivity index (χ3n) is 5.55. The summed E-state index contributed by atoms with van der Waals surface area (Å²) < 4.78 is 0. The van der Waals surface area contributed by atoms with E-state index in [1.807, 2.05) is 12.1 Å². The van der Waals surface area contributed by atoms with Crippen LogP contribution in [0, 0.1) is 0 Å². The molecule has 5 heteroatoms. The topological polar surface area (TPSA) is 35.6 Å². The standard InChI is InChI=1S/C24H32ClN3O/c1-3-4-20-5-9-22(10-6-20)19(2)26-24(29)18-28-15-13-27(14-16-28)17-21-7-11-23(25)12-8-21/h5-12,19H,3-4,13-18H2,1-2H3,(H,26,29)/t19-/m1/s1. The van der Waals surface area contributed by atoms with Gasteiger partial charge in [0, 0.05) is 37.7 Å². The van der Waals surface area contributed by atoms with Crippen molar-refractivity contribution >= 4 is 17.5 Å². The van der Waals surface area contributed by atoms with Gasteiger partial charge in [0.15, 0.2) is 0 Å². The molecule has 1 heterocycles. The smallest absolute Gasteiger partial charge is 0.234 e. The number of halogens is 1. The molecule has 1 saturated heterocycles. The summed E-state index contributed by atoms with van der Waals surface area (Å²) in [4.78, 5) is 17.2. The molecule has 29 heavy (non-hydrogen) atoms. The molecule has 2 aromatic carbocycles. The van der Waals surface area contributed by atoms with Crippen LogP contribution < -0.4 is 5.32 Å². The van der Waals surface area contributed by atoms with Crippen LogP contribution in [0.25, 0.3) is 0 Å². The highest BCUT2D eigenvalue weighted by Crippen LogP contribution is 2.15. The molecule has 3 rings (SSSR count). The number of hydrogen-bond donors (Lipinski definition) is 1. The SMILES string of the molecule is CCCc1ccc([C@@H](C)NC(=O)CN2CCN(Cc3ccc(Cl)cc3)CC2)cc1. The molecule has 0 aliphatic carbocycles. The molecule has 0 unspecified atom stereocenters. The number of amides is 1. The number of aryl methyl sites for hydroxylation is 1. The van der Waals surface area contributed by atoms with Crippen molar-refractivity contribution in [2.24, 2.45) is 0 Å². The van der Waals surface area contributed by atoms with Gasteiger partial charge in [-0.15, -0.1) is 0 Å². The summed E-state index contributed by atoms with van der Waals surface area (Å²) in [6.07, 6.45) is 2.25. The number of piperazine rings is 1. The highest BCUT2D eigenvalue weighted by Gasteiger charge is 2.20. The van der Waals surface area contributed by atoms with Crippen molar-refractivity contribution in [2.45, 2.75) is 39.3 Å². The maximum absolute atomic E-state index is 12.5. The zero-order valence-electron chi connectivity index (χ0n) is 17.5. The van der Waals surface area contributed by atoms with Crippen molar-refractivity contribution in [1.29, 1.82) is 0 Å². The van der Waals surface area contributed by atoms with E-state index in [1.165, 1.54) is 11.1 Å². The molecule has 4 nitrogen and oxygen atoms in total.